The molecular formula is C14H23N3. The number of nitrogens with two attached hydrogens (primary N) is 1. The van der Waals surface area contributed by atoms with Crippen LogP contribution in [0.25, 0.3) is 0 Å². The van der Waals surface area contributed by atoms with Gasteiger partial charge < -0.3 is 10.6 Å². The molecule has 1 saturated carbocycles. The first-order chi connectivity index (χ1) is 8.18. The fourth-order valence-electron chi connectivity index (χ4n) is 2.53. The standard InChI is InChI=1S/C14H23N3/c1-11(15)12-8-9-14(16-10-12)17(2)13-6-4-3-5-7-13/h8-11,13H,3-7,15H2,1-2H3/t11-/m0/s1. The topological polar surface area (TPSA) is 42.1 Å². The molecule has 3 nitrogen and oxygen atoms in total. The van der Waals surface area contributed by atoms with E-state index in [0.29, 0.717) is 6.04 Å². The molecule has 0 aromatic carbocycles. The Labute approximate surface area is 104 Å². The quantitative estimate of drug-likeness (QED) is 0.873. The Bertz CT molecular complexity index is 339. The minimum Gasteiger partial charge on any atom is -0.357 e. The molecular weight excluding hydrogens is 210 g/mol. The van der Waals surface area contributed by atoms with Crippen molar-refractivity contribution in [1.29, 1.82) is 0 Å². The van der Waals surface area contributed by atoms with Gasteiger partial charge in [0.2, 0.25) is 0 Å². The Kier molecular flexibility index (Phi) is 4.00. The first kappa shape index (κ1) is 12.4. The predicted molar refractivity (Wildman–Crippen MR) is 72.1 cm³/mol. The largest absolute Gasteiger partial charge is 0.357 e. The minimum atomic E-state index is 0.0662. The van der Waals surface area contributed by atoms with Crippen molar-refractivity contribution in [2.45, 2.75) is 51.1 Å². The molecule has 1 heterocycles. The van der Waals surface area contributed by atoms with Crippen molar-refractivity contribution in [2.24, 2.45) is 5.73 Å². The third kappa shape index (κ3) is 2.97. The van der Waals surface area contributed by atoms with Gasteiger partial charge in [-0.05, 0) is 31.4 Å². The molecule has 1 aliphatic rings. The van der Waals surface area contributed by atoms with Gasteiger partial charge >= 0.3 is 0 Å². The summed E-state index contributed by atoms with van der Waals surface area (Å²) in [6.45, 7) is 1.99. The fourth-order valence-corrected chi connectivity index (χ4v) is 2.53. The number of nitrogens with zero attached hydrogens (tertiary/aromatic N) is 2. The van der Waals surface area contributed by atoms with Crippen LogP contribution in [0.2, 0.25) is 0 Å². The molecule has 0 radical (unpaired) electrons. The summed E-state index contributed by atoms with van der Waals surface area (Å²) in [5, 5.41) is 0. The maximum atomic E-state index is 5.83. The van der Waals surface area contributed by atoms with E-state index in [4.69, 9.17) is 5.73 Å². The van der Waals surface area contributed by atoms with Gasteiger partial charge in [0.1, 0.15) is 5.82 Å². The van der Waals surface area contributed by atoms with Gasteiger partial charge in [0.05, 0.1) is 0 Å². The number of anilines is 1. The number of pyridine rings is 1. The van der Waals surface area contributed by atoms with Gasteiger partial charge in [0.15, 0.2) is 0 Å². The number of hydrogen-bond acceptors (Lipinski definition) is 3. The van der Waals surface area contributed by atoms with Gasteiger partial charge in [-0.1, -0.05) is 25.3 Å². The lowest BCUT2D eigenvalue weighted by molar-refractivity contribution is 0.426. The van der Waals surface area contributed by atoms with Gasteiger partial charge in [-0.2, -0.15) is 0 Å². The maximum Gasteiger partial charge on any atom is 0.128 e. The van der Waals surface area contributed by atoms with Gasteiger partial charge in [0, 0.05) is 25.3 Å². The third-order valence-corrected chi connectivity index (χ3v) is 3.78. The lowest BCUT2D eigenvalue weighted by Crippen LogP contribution is -2.33. The molecule has 0 bridgehead atoms. The highest BCUT2D eigenvalue weighted by Gasteiger charge is 2.18. The summed E-state index contributed by atoms with van der Waals surface area (Å²) in [5.74, 6) is 1.07. The van der Waals surface area contributed by atoms with Gasteiger partial charge in [-0.25, -0.2) is 4.98 Å². The lowest BCUT2D eigenvalue weighted by Gasteiger charge is -2.32. The van der Waals surface area contributed by atoms with Crippen molar-refractivity contribution in [3.8, 4) is 0 Å². The zero-order chi connectivity index (χ0) is 12.3. The molecule has 0 saturated heterocycles. The zero-order valence-corrected chi connectivity index (χ0v) is 10.9. The summed E-state index contributed by atoms with van der Waals surface area (Å²) < 4.78 is 0. The number of rotatable bonds is 3. The summed E-state index contributed by atoms with van der Waals surface area (Å²) in [6.07, 6.45) is 8.60. The van der Waals surface area contributed by atoms with E-state index in [9.17, 15) is 0 Å². The Morgan fingerprint density at radius 2 is 2.00 bits per heavy atom. The van der Waals surface area contributed by atoms with E-state index in [2.05, 4.69) is 29.1 Å². The van der Waals surface area contributed by atoms with E-state index in [-0.39, 0.29) is 6.04 Å². The molecule has 1 fully saturated rings. The zero-order valence-electron chi connectivity index (χ0n) is 10.9. The first-order valence-corrected chi connectivity index (χ1v) is 6.63. The normalized spacial score (nSPS) is 19.0. The molecule has 0 unspecified atom stereocenters. The van der Waals surface area contributed by atoms with Crippen LogP contribution in [-0.4, -0.2) is 18.1 Å². The molecule has 2 rings (SSSR count). The highest BCUT2D eigenvalue weighted by molar-refractivity contribution is 5.40. The summed E-state index contributed by atoms with van der Waals surface area (Å²) >= 11 is 0. The molecule has 1 atom stereocenters. The summed E-state index contributed by atoms with van der Waals surface area (Å²) in [6, 6.07) is 4.91. The SMILES string of the molecule is C[C@H](N)c1ccc(N(C)C2CCCCC2)nc1. The van der Waals surface area contributed by atoms with Crippen molar-refractivity contribution in [2.75, 3.05) is 11.9 Å². The monoisotopic (exact) mass is 233 g/mol. The van der Waals surface area contributed by atoms with Gasteiger partial charge in [0.25, 0.3) is 0 Å². The van der Waals surface area contributed by atoms with Crippen molar-refractivity contribution >= 4 is 5.82 Å². The lowest BCUT2D eigenvalue weighted by atomic mass is 9.94. The highest BCUT2D eigenvalue weighted by Crippen LogP contribution is 2.25. The average molecular weight is 233 g/mol. The molecule has 94 valence electrons. The molecule has 0 spiro atoms. The number of hydrogen-bond donors (Lipinski definition) is 1. The summed E-state index contributed by atoms with van der Waals surface area (Å²) in [4.78, 5) is 6.84. The van der Waals surface area contributed by atoms with Crippen LogP contribution in [0.5, 0.6) is 0 Å². The third-order valence-electron chi connectivity index (χ3n) is 3.78. The van der Waals surface area contributed by atoms with Crippen molar-refractivity contribution in [1.82, 2.24) is 4.98 Å². The molecule has 1 aromatic rings. The Morgan fingerprint density at radius 1 is 1.29 bits per heavy atom. The number of aromatic nitrogens is 1. The molecule has 2 N–H and O–H groups in total. The van der Waals surface area contributed by atoms with Crippen LogP contribution < -0.4 is 10.6 Å². The van der Waals surface area contributed by atoms with E-state index >= 15 is 0 Å². The smallest absolute Gasteiger partial charge is 0.128 e. The predicted octanol–water partition coefficient (Wildman–Crippen LogP) is 2.87. The second-order valence-corrected chi connectivity index (χ2v) is 5.14. The van der Waals surface area contributed by atoms with Crippen LogP contribution in [0.15, 0.2) is 18.3 Å². The van der Waals surface area contributed by atoms with Crippen LogP contribution in [-0.2, 0) is 0 Å². The first-order valence-electron chi connectivity index (χ1n) is 6.63. The molecule has 1 aromatic heterocycles. The average Bonchev–Trinajstić information content (AvgIpc) is 2.39. The van der Waals surface area contributed by atoms with Crippen molar-refractivity contribution in [3.05, 3.63) is 23.9 Å². The van der Waals surface area contributed by atoms with E-state index in [1.54, 1.807) is 0 Å². The molecule has 17 heavy (non-hydrogen) atoms. The van der Waals surface area contributed by atoms with Crippen LogP contribution in [0.3, 0.4) is 0 Å². The maximum absolute atomic E-state index is 5.83. The van der Waals surface area contributed by atoms with E-state index in [1.165, 1.54) is 32.1 Å². The van der Waals surface area contributed by atoms with Crippen LogP contribution >= 0.6 is 0 Å². The Hall–Kier alpha value is -1.09. The summed E-state index contributed by atoms with van der Waals surface area (Å²) in [7, 11) is 2.16. The molecule has 0 aliphatic heterocycles. The van der Waals surface area contributed by atoms with Crippen molar-refractivity contribution < 1.29 is 0 Å². The molecule has 3 heteroatoms. The second-order valence-electron chi connectivity index (χ2n) is 5.14. The van der Waals surface area contributed by atoms with Crippen LogP contribution in [0, 0.1) is 0 Å². The van der Waals surface area contributed by atoms with E-state index in [0.717, 1.165) is 11.4 Å². The Balaban J connectivity index is 2.05. The Morgan fingerprint density at radius 3 is 2.53 bits per heavy atom. The highest BCUT2D eigenvalue weighted by atomic mass is 15.2. The van der Waals surface area contributed by atoms with Gasteiger partial charge in [-0.3, -0.25) is 0 Å². The molecule has 0 amide bonds. The summed E-state index contributed by atoms with van der Waals surface area (Å²) in [5.41, 5.74) is 6.93. The van der Waals surface area contributed by atoms with Gasteiger partial charge in [-0.15, -0.1) is 0 Å². The van der Waals surface area contributed by atoms with Crippen LogP contribution in [0.4, 0.5) is 5.82 Å². The van der Waals surface area contributed by atoms with Crippen molar-refractivity contribution in [3.63, 3.8) is 0 Å². The minimum absolute atomic E-state index is 0.0662. The van der Waals surface area contributed by atoms with E-state index in [1.807, 2.05) is 13.1 Å². The second kappa shape index (κ2) is 5.50. The van der Waals surface area contributed by atoms with E-state index < -0.39 is 0 Å². The van der Waals surface area contributed by atoms with Crippen LogP contribution in [0.1, 0.15) is 50.6 Å². The molecule has 1 aliphatic carbocycles. The fraction of sp³-hybridized carbons (Fsp3) is 0.643.